The highest BCUT2D eigenvalue weighted by molar-refractivity contribution is 5.84. The Labute approximate surface area is 69.4 Å². The predicted octanol–water partition coefficient (Wildman–Crippen LogP) is 0.573. The lowest BCUT2D eigenvalue weighted by Crippen LogP contribution is -2.90. The fourth-order valence-corrected chi connectivity index (χ4v) is 0.649. The molecule has 0 amide bonds. The average molecular weight is 158 g/mol. The Hall–Kier alpha value is -0.370. The Bertz CT molecular complexity index is 133. The number of carbonyl (C=O) groups is 1. The van der Waals surface area contributed by atoms with Crippen LogP contribution in [0.15, 0.2) is 0 Å². The molecule has 0 aromatic carbocycles. The van der Waals surface area contributed by atoms with Gasteiger partial charge in [-0.25, -0.2) is 0 Å². The molecule has 0 rings (SSSR count). The zero-order valence-electron chi connectivity index (χ0n) is 8.27. The number of hydrogen-bond donors (Lipinski definition) is 1. The van der Waals surface area contributed by atoms with E-state index in [1.807, 2.05) is 20.8 Å². The molecule has 0 saturated heterocycles. The third-order valence-corrected chi connectivity index (χ3v) is 1.61. The first-order valence-electron chi connectivity index (χ1n) is 4.20. The minimum Gasteiger partial charge on any atom is -0.338 e. The summed E-state index contributed by atoms with van der Waals surface area (Å²) in [5, 5.41) is 2.06. The van der Waals surface area contributed by atoms with Crippen LogP contribution in [0.4, 0.5) is 0 Å². The van der Waals surface area contributed by atoms with Crippen molar-refractivity contribution in [1.82, 2.24) is 0 Å². The van der Waals surface area contributed by atoms with Gasteiger partial charge in [0.1, 0.15) is 6.54 Å². The number of Topliss-reactive ketones (excluding diaryl/α,β-unsaturated/α-hetero) is 1. The van der Waals surface area contributed by atoms with Crippen LogP contribution >= 0.6 is 0 Å². The summed E-state index contributed by atoms with van der Waals surface area (Å²) in [5.41, 5.74) is -0.175. The van der Waals surface area contributed by atoms with Gasteiger partial charge in [0.2, 0.25) is 0 Å². The van der Waals surface area contributed by atoms with Crippen molar-refractivity contribution in [3.8, 4) is 0 Å². The maximum Gasteiger partial charge on any atom is 0.191 e. The van der Waals surface area contributed by atoms with E-state index in [1.165, 1.54) is 0 Å². The van der Waals surface area contributed by atoms with E-state index in [9.17, 15) is 4.79 Å². The number of rotatable bonds is 3. The Morgan fingerprint density at radius 2 is 1.82 bits per heavy atom. The molecule has 2 heteroatoms. The van der Waals surface area contributed by atoms with E-state index in [-0.39, 0.29) is 5.41 Å². The van der Waals surface area contributed by atoms with E-state index in [0.717, 1.165) is 0 Å². The number of quaternary nitrogens is 1. The van der Waals surface area contributed by atoms with Crippen molar-refractivity contribution in [3.63, 3.8) is 0 Å². The molecular formula is C9H20NO+. The normalized spacial score (nSPS) is 12.2. The second-order valence-electron chi connectivity index (χ2n) is 4.36. The topological polar surface area (TPSA) is 33.7 Å². The molecule has 2 nitrogen and oxygen atoms in total. The quantitative estimate of drug-likeness (QED) is 0.640. The SMILES string of the molecule is CC(C)[NH2+]CC(=O)C(C)(C)C. The van der Waals surface area contributed by atoms with E-state index in [0.29, 0.717) is 18.4 Å². The molecule has 0 saturated carbocycles. The van der Waals surface area contributed by atoms with Gasteiger partial charge in [-0.15, -0.1) is 0 Å². The number of ketones is 1. The molecule has 66 valence electrons. The highest BCUT2D eigenvalue weighted by Crippen LogP contribution is 2.12. The fraction of sp³-hybridized carbons (Fsp3) is 0.889. The van der Waals surface area contributed by atoms with Gasteiger partial charge in [0.05, 0.1) is 6.04 Å². The number of hydrogen-bond acceptors (Lipinski definition) is 1. The van der Waals surface area contributed by atoms with Gasteiger partial charge >= 0.3 is 0 Å². The lowest BCUT2D eigenvalue weighted by Gasteiger charge is -2.15. The summed E-state index contributed by atoms with van der Waals surface area (Å²) in [6, 6.07) is 0.515. The molecule has 0 aliphatic rings. The van der Waals surface area contributed by atoms with Crippen LogP contribution in [0.3, 0.4) is 0 Å². The highest BCUT2D eigenvalue weighted by Gasteiger charge is 2.22. The minimum absolute atomic E-state index is 0.175. The highest BCUT2D eigenvalue weighted by atomic mass is 16.1. The number of carbonyl (C=O) groups excluding carboxylic acids is 1. The van der Waals surface area contributed by atoms with Crippen molar-refractivity contribution in [1.29, 1.82) is 0 Å². The van der Waals surface area contributed by atoms with Crippen molar-refractivity contribution < 1.29 is 10.1 Å². The van der Waals surface area contributed by atoms with Crippen molar-refractivity contribution in [2.24, 2.45) is 5.41 Å². The van der Waals surface area contributed by atoms with Gasteiger partial charge in [0.15, 0.2) is 5.78 Å². The standard InChI is InChI=1S/C9H19NO/c1-7(2)10-6-8(11)9(3,4)5/h7,10H,6H2,1-5H3/p+1. The van der Waals surface area contributed by atoms with Gasteiger partial charge in [-0.3, -0.25) is 4.79 Å². The smallest absolute Gasteiger partial charge is 0.191 e. The molecule has 0 unspecified atom stereocenters. The molecular weight excluding hydrogens is 138 g/mol. The largest absolute Gasteiger partial charge is 0.338 e. The van der Waals surface area contributed by atoms with Gasteiger partial charge in [-0.2, -0.15) is 0 Å². The molecule has 0 aliphatic heterocycles. The predicted molar refractivity (Wildman–Crippen MR) is 46.4 cm³/mol. The van der Waals surface area contributed by atoms with Crippen LogP contribution in [-0.4, -0.2) is 18.4 Å². The first-order valence-corrected chi connectivity index (χ1v) is 4.20. The van der Waals surface area contributed by atoms with Gasteiger partial charge in [0.25, 0.3) is 0 Å². The van der Waals surface area contributed by atoms with E-state index in [4.69, 9.17) is 0 Å². The fourth-order valence-electron chi connectivity index (χ4n) is 0.649. The maximum atomic E-state index is 11.3. The molecule has 0 radical (unpaired) electrons. The molecule has 0 aromatic heterocycles. The zero-order chi connectivity index (χ0) is 9.07. The van der Waals surface area contributed by atoms with Crippen molar-refractivity contribution >= 4 is 5.78 Å². The molecule has 0 bridgehead atoms. The summed E-state index contributed by atoms with van der Waals surface area (Å²) in [5.74, 6) is 0.325. The van der Waals surface area contributed by atoms with Gasteiger partial charge < -0.3 is 5.32 Å². The lowest BCUT2D eigenvalue weighted by atomic mass is 9.91. The Kier molecular flexibility index (Phi) is 3.73. The van der Waals surface area contributed by atoms with Gasteiger partial charge in [0, 0.05) is 5.41 Å². The summed E-state index contributed by atoms with van der Waals surface area (Å²) in [4.78, 5) is 11.3. The molecule has 0 atom stereocenters. The molecule has 0 fully saturated rings. The van der Waals surface area contributed by atoms with E-state index in [2.05, 4.69) is 19.2 Å². The summed E-state index contributed by atoms with van der Waals surface area (Å²) < 4.78 is 0. The van der Waals surface area contributed by atoms with Crippen LogP contribution in [0.25, 0.3) is 0 Å². The van der Waals surface area contributed by atoms with Crippen molar-refractivity contribution in [2.75, 3.05) is 6.54 Å². The maximum absolute atomic E-state index is 11.3. The van der Waals surface area contributed by atoms with Crippen molar-refractivity contribution in [2.45, 2.75) is 40.7 Å². The van der Waals surface area contributed by atoms with E-state index in [1.54, 1.807) is 0 Å². The molecule has 2 N–H and O–H groups in total. The third-order valence-electron chi connectivity index (χ3n) is 1.61. The Morgan fingerprint density at radius 1 is 1.36 bits per heavy atom. The first-order chi connectivity index (χ1) is 4.84. The molecule has 0 aromatic rings. The lowest BCUT2D eigenvalue weighted by molar-refractivity contribution is -0.672. The summed E-state index contributed by atoms with van der Waals surface area (Å²) >= 11 is 0. The van der Waals surface area contributed by atoms with E-state index < -0.39 is 0 Å². The van der Waals surface area contributed by atoms with Crippen LogP contribution < -0.4 is 5.32 Å². The van der Waals surface area contributed by atoms with Crippen LogP contribution in [0.2, 0.25) is 0 Å². The van der Waals surface area contributed by atoms with Crippen LogP contribution in [-0.2, 0) is 4.79 Å². The molecule has 0 spiro atoms. The Balaban J connectivity index is 3.71. The second kappa shape index (κ2) is 3.86. The first kappa shape index (κ1) is 10.6. The summed E-state index contributed by atoms with van der Waals surface area (Å²) in [7, 11) is 0. The van der Waals surface area contributed by atoms with Gasteiger partial charge in [-0.05, 0) is 13.8 Å². The average Bonchev–Trinajstić information content (AvgIpc) is 1.80. The Morgan fingerprint density at radius 3 is 2.09 bits per heavy atom. The van der Waals surface area contributed by atoms with Crippen LogP contribution in [0.5, 0.6) is 0 Å². The third kappa shape index (κ3) is 4.96. The van der Waals surface area contributed by atoms with E-state index >= 15 is 0 Å². The zero-order valence-corrected chi connectivity index (χ0v) is 8.27. The summed E-state index contributed by atoms with van der Waals surface area (Å²) in [6.07, 6.45) is 0. The van der Waals surface area contributed by atoms with Crippen molar-refractivity contribution in [3.05, 3.63) is 0 Å². The second-order valence-corrected chi connectivity index (χ2v) is 4.36. The molecule has 11 heavy (non-hydrogen) atoms. The summed E-state index contributed by atoms with van der Waals surface area (Å²) in [6.45, 7) is 10.7. The van der Waals surface area contributed by atoms with Crippen LogP contribution in [0, 0.1) is 5.41 Å². The molecule has 0 heterocycles. The number of nitrogens with two attached hydrogens (primary N) is 1. The monoisotopic (exact) mass is 158 g/mol. The van der Waals surface area contributed by atoms with Gasteiger partial charge in [-0.1, -0.05) is 20.8 Å². The molecule has 0 aliphatic carbocycles. The van der Waals surface area contributed by atoms with Crippen LogP contribution in [0.1, 0.15) is 34.6 Å². The minimum atomic E-state index is -0.175.